The molecule has 2 aliphatic rings. The van der Waals surface area contributed by atoms with E-state index in [1.54, 1.807) is 23.1 Å². The summed E-state index contributed by atoms with van der Waals surface area (Å²) in [4.78, 5) is 28.3. The number of nitrogens with zero attached hydrogens (tertiary/aromatic N) is 5. The van der Waals surface area contributed by atoms with Crippen LogP contribution in [0.2, 0.25) is 10.0 Å². The van der Waals surface area contributed by atoms with Crippen molar-refractivity contribution in [2.24, 2.45) is 0 Å². The lowest BCUT2D eigenvalue weighted by Crippen LogP contribution is -2.50. The number of hydrogen-bond acceptors (Lipinski definition) is 8. The predicted molar refractivity (Wildman–Crippen MR) is 146 cm³/mol. The normalized spacial score (nSPS) is 18.4. The van der Waals surface area contributed by atoms with Gasteiger partial charge in [-0.3, -0.25) is 9.69 Å². The van der Waals surface area contributed by atoms with Crippen molar-refractivity contribution in [3.05, 3.63) is 63.8 Å². The summed E-state index contributed by atoms with van der Waals surface area (Å²) in [5.41, 5.74) is 3.52. The van der Waals surface area contributed by atoms with Crippen molar-refractivity contribution < 1.29 is 9.90 Å². The second-order valence-electron chi connectivity index (χ2n) is 8.89. The van der Waals surface area contributed by atoms with Crippen molar-refractivity contribution in [2.75, 3.05) is 47.7 Å². The van der Waals surface area contributed by atoms with Crippen LogP contribution in [0.15, 0.2) is 47.6 Å². The van der Waals surface area contributed by atoms with Crippen molar-refractivity contribution >= 4 is 63.9 Å². The largest absolute Gasteiger partial charge is 0.392 e. The average Bonchev–Trinajstić information content (AvgIpc) is 2.87. The first-order valence-electron chi connectivity index (χ1n) is 11.6. The Hall–Kier alpha value is -2.56. The van der Waals surface area contributed by atoms with Crippen LogP contribution in [-0.2, 0) is 6.61 Å². The van der Waals surface area contributed by atoms with Crippen LogP contribution >= 0.6 is 35.0 Å². The number of aromatic nitrogens is 2. The number of thioether (sulfide) groups is 1. The Bertz CT molecular complexity index is 1290. The predicted octanol–water partition coefficient (Wildman–Crippen LogP) is 4.87. The van der Waals surface area contributed by atoms with E-state index in [-0.39, 0.29) is 12.5 Å². The van der Waals surface area contributed by atoms with E-state index in [1.807, 2.05) is 18.2 Å². The van der Waals surface area contributed by atoms with E-state index in [9.17, 15) is 9.90 Å². The number of halogens is 2. The molecule has 0 bridgehead atoms. The number of rotatable bonds is 5. The number of piperazine rings is 1. The molecule has 2 N–H and O–H groups in total. The number of benzene rings is 2. The van der Waals surface area contributed by atoms with Crippen LogP contribution in [0.3, 0.4) is 0 Å². The average molecular weight is 545 g/mol. The highest BCUT2D eigenvalue weighted by atomic mass is 35.5. The summed E-state index contributed by atoms with van der Waals surface area (Å²) in [6.45, 7) is 4.94. The Labute approximate surface area is 224 Å². The highest BCUT2D eigenvalue weighted by molar-refractivity contribution is 7.99. The van der Waals surface area contributed by atoms with E-state index >= 15 is 0 Å². The molecule has 3 aromatic rings. The van der Waals surface area contributed by atoms with Gasteiger partial charge in [0.2, 0.25) is 5.95 Å². The maximum atomic E-state index is 13.2. The van der Waals surface area contributed by atoms with Gasteiger partial charge in [0.15, 0.2) is 0 Å². The smallest absolute Gasteiger partial charge is 0.263 e. The molecule has 0 saturated carbocycles. The first kappa shape index (κ1) is 25.1. The molecule has 0 spiro atoms. The SMILES string of the molecule is C[C@@H]1CN(c2ccc(Nc3ncc4c(n3)SCN(c3c(Cl)cccc3Cl)C4=O)cc2CO)CCN1C. The molecule has 1 saturated heterocycles. The second kappa shape index (κ2) is 10.4. The Morgan fingerprint density at radius 1 is 1.19 bits per heavy atom. The Morgan fingerprint density at radius 2 is 1.97 bits per heavy atom. The molecule has 3 heterocycles. The van der Waals surface area contributed by atoms with Crippen LogP contribution in [0.5, 0.6) is 0 Å². The summed E-state index contributed by atoms with van der Waals surface area (Å²) in [6.07, 6.45) is 1.52. The van der Waals surface area contributed by atoms with Crippen molar-refractivity contribution in [1.29, 1.82) is 0 Å². The number of carbonyl (C=O) groups is 1. The van der Waals surface area contributed by atoms with Crippen LogP contribution in [-0.4, -0.2) is 64.5 Å². The highest BCUT2D eigenvalue weighted by Gasteiger charge is 2.30. The monoisotopic (exact) mass is 544 g/mol. The minimum atomic E-state index is -0.251. The lowest BCUT2D eigenvalue weighted by molar-refractivity contribution is 0.0985. The third kappa shape index (κ3) is 4.86. The first-order valence-corrected chi connectivity index (χ1v) is 13.3. The van der Waals surface area contributed by atoms with E-state index in [2.05, 4.69) is 39.1 Å². The van der Waals surface area contributed by atoms with Gasteiger partial charge >= 0.3 is 0 Å². The maximum Gasteiger partial charge on any atom is 0.263 e. The third-order valence-corrected chi connectivity index (χ3v) is 8.16. The lowest BCUT2D eigenvalue weighted by Gasteiger charge is -2.39. The molecule has 1 atom stereocenters. The van der Waals surface area contributed by atoms with E-state index in [1.165, 1.54) is 18.0 Å². The number of carbonyl (C=O) groups excluding carboxylic acids is 1. The van der Waals surface area contributed by atoms with E-state index in [0.29, 0.717) is 44.2 Å². The summed E-state index contributed by atoms with van der Waals surface area (Å²) < 4.78 is 0. The number of aliphatic hydroxyl groups excluding tert-OH is 1. The zero-order chi connectivity index (χ0) is 25.4. The summed E-state index contributed by atoms with van der Waals surface area (Å²) in [5.74, 6) is 0.459. The number of fused-ring (bicyclic) bond motifs is 1. The molecular formula is C25H26Cl2N6O2S. The van der Waals surface area contributed by atoms with E-state index in [0.717, 1.165) is 36.6 Å². The molecule has 2 aliphatic heterocycles. The Morgan fingerprint density at radius 3 is 2.69 bits per heavy atom. The number of para-hydroxylation sites is 1. The van der Waals surface area contributed by atoms with Gasteiger partial charge < -0.3 is 20.2 Å². The number of anilines is 4. The molecule has 0 aliphatic carbocycles. The molecule has 5 rings (SSSR count). The fourth-order valence-electron chi connectivity index (χ4n) is 4.42. The summed E-state index contributed by atoms with van der Waals surface area (Å²) in [5, 5.41) is 14.7. The summed E-state index contributed by atoms with van der Waals surface area (Å²) >= 11 is 14.0. The van der Waals surface area contributed by atoms with Gasteiger partial charge in [-0.15, -0.1) is 0 Å². The molecule has 11 heteroatoms. The van der Waals surface area contributed by atoms with Crippen LogP contribution in [0.4, 0.5) is 23.0 Å². The number of hydrogen-bond donors (Lipinski definition) is 2. The van der Waals surface area contributed by atoms with Crippen LogP contribution < -0.4 is 15.1 Å². The van der Waals surface area contributed by atoms with Gasteiger partial charge in [-0.25, -0.2) is 9.97 Å². The molecule has 1 fully saturated rings. The zero-order valence-corrected chi connectivity index (χ0v) is 22.2. The molecular weight excluding hydrogens is 519 g/mol. The highest BCUT2D eigenvalue weighted by Crippen LogP contribution is 2.39. The number of aliphatic hydroxyl groups is 1. The molecule has 0 unspecified atom stereocenters. The van der Waals surface area contributed by atoms with Crippen molar-refractivity contribution in [2.45, 2.75) is 24.6 Å². The third-order valence-electron chi connectivity index (χ3n) is 6.57. The van der Waals surface area contributed by atoms with E-state index in [4.69, 9.17) is 23.2 Å². The summed E-state index contributed by atoms with van der Waals surface area (Å²) in [6, 6.07) is 11.5. The minimum absolute atomic E-state index is 0.0680. The maximum absolute atomic E-state index is 13.2. The van der Waals surface area contributed by atoms with Gasteiger partial charge in [-0.2, -0.15) is 0 Å². The molecule has 8 nitrogen and oxygen atoms in total. The molecule has 1 amide bonds. The number of nitrogens with one attached hydrogen (secondary N) is 1. The van der Waals surface area contributed by atoms with E-state index < -0.39 is 0 Å². The summed E-state index contributed by atoms with van der Waals surface area (Å²) in [7, 11) is 2.13. The van der Waals surface area contributed by atoms with Gasteiger partial charge in [0, 0.05) is 48.8 Å². The van der Waals surface area contributed by atoms with Crippen LogP contribution in [0.25, 0.3) is 0 Å². The van der Waals surface area contributed by atoms with Gasteiger partial charge in [0.25, 0.3) is 5.91 Å². The van der Waals surface area contributed by atoms with Crippen LogP contribution in [0, 0.1) is 0 Å². The van der Waals surface area contributed by atoms with Gasteiger partial charge in [-0.1, -0.05) is 41.0 Å². The second-order valence-corrected chi connectivity index (χ2v) is 10.6. The van der Waals surface area contributed by atoms with Gasteiger partial charge in [-0.05, 0) is 44.3 Å². The molecule has 0 radical (unpaired) electrons. The van der Waals surface area contributed by atoms with Gasteiger partial charge in [0.05, 0.1) is 33.8 Å². The number of amides is 1. The van der Waals surface area contributed by atoms with Crippen LogP contribution in [0.1, 0.15) is 22.8 Å². The topological polar surface area (TPSA) is 84.8 Å². The van der Waals surface area contributed by atoms with Crippen molar-refractivity contribution in [3.8, 4) is 0 Å². The minimum Gasteiger partial charge on any atom is -0.392 e. The number of likely N-dealkylation sites (N-methyl/N-ethyl adjacent to an activating group) is 1. The lowest BCUT2D eigenvalue weighted by atomic mass is 10.1. The molecule has 36 heavy (non-hydrogen) atoms. The van der Waals surface area contributed by atoms with Gasteiger partial charge in [0.1, 0.15) is 5.03 Å². The molecule has 188 valence electrons. The fraction of sp³-hybridized carbons (Fsp3) is 0.320. The Kier molecular flexibility index (Phi) is 7.28. The zero-order valence-electron chi connectivity index (χ0n) is 19.9. The quantitative estimate of drug-likeness (QED) is 0.440. The van der Waals surface area contributed by atoms with Crippen molar-refractivity contribution in [1.82, 2.24) is 14.9 Å². The molecule has 2 aromatic carbocycles. The standard InChI is InChI=1S/C25H26Cl2N6O2S/c1-15-12-32(9-8-31(15)2)21-7-6-17(10-16(21)13-34)29-25-28-11-18-23(30-25)36-14-33(24(18)35)22-19(26)4-3-5-20(22)27/h3-7,10-11,15,34H,8-9,12-14H2,1-2H3,(H,28,29,30)/t15-/m1/s1. The fourth-order valence-corrected chi connectivity index (χ4v) is 5.97. The van der Waals surface area contributed by atoms with Crippen molar-refractivity contribution in [3.63, 3.8) is 0 Å². The Balaban J connectivity index is 1.35. The first-order chi connectivity index (χ1) is 17.4. The molecule has 1 aromatic heterocycles.